The Bertz CT molecular complexity index is 1450. The van der Waals surface area contributed by atoms with Crippen molar-refractivity contribution in [1.29, 1.82) is 0 Å². The molecule has 1 fully saturated rings. The predicted molar refractivity (Wildman–Crippen MR) is 134 cm³/mol. The van der Waals surface area contributed by atoms with E-state index in [1.807, 2.05) is 42.5 Å². The summed E-state index contributed by atoms with van der Waals surface area (Å²) in [4.78, 5) is 31.5. The summed E-state index contributed by atoms with van der Waals surface area (Å²) in [5.74, 6) is 0.458. The molecule has 1 N–H and O–H groups in total. The van der Waals surface area contributed by atoms with Crippen LogP contribution >= 0.6 is 11.8 Å². The second-order valence-electron chi connectivity index (χ2n) is 7.80. The fraction of sp³-hybridized carbons (Fsp3) is 0.0741. The lowest BCUT2D eigenvalue weighted by atomic mass is 10.0. The number of carboxylic acid groups (broad SMARTS) is 1. The van der Waals surface area contributed by atoms with E-state index in [1.54, 1.807) is 54.5 Å². The van der Waals surface area contributed by atoms with Crippen LogP contribution in [-0.2, 0) is 11.3 Å². The standard InChI is InChI=1S/C27H20N2O5S/c1-17-21(10-5-11-22(17)26(31)32)23-13-12-19(34-23)15-24-25(30)29(16-20-9-6-14-33-20)27(35-24)28-18-7-3-2-4-8-18/h2-15H,16H2,1H3,(H,31,32)/b24-15-,28-27?. The van der Waals surface area contributed by atoms with Crippen LogP contribution in [-0.4, -0.2) is 27.1 Å². The number of hydrogen-bond acceptors (Lipinski definition) is 6. The third kappa shape index (κ3) is 4.69. The summed E-state index contributed by atoms with van der Waals surface area (Å²) >= 11 is 1.26. The van der Waals surface area contributed by atoms with E-state index in [0.29, 0.717) is 38.5 Å². The summed E-state index contributed by atoms with van der Waals surface area (Å²) in [7, 11) is 0. The molecule has 8 heteroatoms. The van der Waals surface area contributed by atoms with Gasteiger partial charge in [-0.25, -0.2) is 9.79 Å². The number of carboxylic acids is 1. The quantitative estimate of drug-likeness (QED) is 0.320. The molecule has 0 bridgehead atoms. The summed E-state index contributed by atoms with van der Waals surface area (Å²) in [6.07, 6.45) is 3.25. The maximum atomic E-state index is 13.3. The zero-order valence-corrected chi connectivity index (χ0v) is 19.5. The lowest BCUT2D eigenvalue weighted by molar-refractivity contribution is -0.122. The molecular weight excluding hydrogens is 464 g/mol. The highest BCUT2D eigenvalue weighted by Crippen LogP contribution is 2.36. The summed E-state index contributed by atoms with van der Waals surface area (Å²) in [5, 5.41) is 9.95. The number of aliphatic imine (C=N–C) groups is 1. The van der Waals surface area contributed by atoms with Gasteiger partial charge < -0.3 is 13.9 Å². The Balaban J connectivity index is 1.47. The van der Waals surface area contributed by atoms with Crippen LogP contribution in [0.25, 0.3) is 17.4 Å². The van der Waals surface area contributed by atoms with Gasteiger partial charge in [0.2, 0.25) is 0 Å². The number of carbonyl (C=O) groups excluding carboxylic acids is 1. The molecule has 2 aromatic heterocycles. The average molecular weight is 485 g/mol. The topological polar surface area (TPSA) is 96.2 Å². The fourth-order valence-electron chi connectivity index (χ4n) is 3.74. The van der Waals surface area contributed by atoms with Gasteiger partial charge in [0, 0.05) is 11.6 Å². The maximum Gasteiger partial charge on any atom is 0.335 e. The summed E-state index contributed by atoms with van der Waals surface area (Å²) < 4.78 is 11.4. The highest BCUT2D eigenvalue weighted by Gasteiger charge is 2.34. The van der Waals surface area contributed by atoms with E-state index in [1.165, 1.54) is 11.8 Å². The van der Waals surface area contributed by atoms with E-state index < -0.39 is 5.97 Å². The number of rotatable bonds is 6. The monoisotopic (exact) mass is 484 g/mol. The molecule has 1 aliphatic heterocycles. The minimum Gasteiger partial charge on any atom is -0.478 e. The molecular formula is C27H20N2O5S. The van der Waals surface area contributed by atoms with Gasteiger partial charge in [0.15, 0.2) is 5.17 Å². The third-order valence-corrected chi connectivity index (χ3v) is 6.50. The Hall–Kier alpha value is -4.30. The van der Waals surface area contributed by atoms with Crippen LogP contribution in [0.3, 0.4) is 0 Å². The zero-order valence-electron chi connectivity index (χ0n) is 18.7. The van der Waals surface area contributed by atoms with Crippen LogP contribution in [0.1, 0.15) is 27.4 Å². The first-order valence-corrected chi connectivity index (χ1v) is 11.6. The number of thioether (sulfide) groups is 1. The van der Waals surface area contributed by atoms with Gasteiger partial charge in [-0.15, -0.1) is 0 Å². The van der Waals surface area contributed by atoms with Gasteiger partial charge in [-0.2, -0.15) is 0 Å². The van der Waals surface area contributed by atoms with E-state index in [2.05, 4.69) is 4.99 Å². The molecule has 2 aromatic carbocycles. The molecule has 1 amide bonds. The number of amidine groups is 1. The molecule has 4 aromatic rings. The van der Waals surface area contributed by atoms with Crippen LogP contribution in [0, 0.1) is 6.92 Å². The van der Waals surface area contributed by atoms with Gasteiger partial charge in [-0.1, -0.05) is 30.3 Å². The van der Waals surface area contributed by atoms with E-state index in [-0.39, 0.29) is 18.0 Å². The highest BCUT2D eigenvalue weighted by molar-refractivity contribution is 8.18. The van der Waals surface area contributed by atoms with Crippen molar-refractivity contribution in [1.82, 2.24) is 4.90 Å². The summed E-state index contributed by atoms with van der Waals surface area (Å²) in [6.45, 7) is 2.00. The van der Waals surface area contributed by atoms with E-state index in [0.717, 1.165) is 5.69 Å². The van der Waals surface area contributed by atoms with Crippen LogP contribution in [0.15, 0.2) is 97.8 Å². The van der Waals surface area contributed by atoms with Crippen LogP contribution in [0.4, 0.5) is 5.69 Å². The minimum absolute atomic E-state index is 0.205. The molecule has 174 valence electrons. The molecule has 0 atom stereocenters. The van der Waals surface area contributed by atoms with E-state index in [4.69, 9.17) is 8.83 Å². The number of amides is 1. The van der Waals surface area contributed by atoms with Crippen molar-refractivity contribution in [2.75, 3.05) is 0 Å². The van der Waals surface area contributed by atoms with Crippen molar-refractivity contribution >= 4 is 40.6 Å². The first-order chi connectivity index (χ1) is 17.0. The van der Waals surface area contributed by atoms with Crippen LogP contribution < -0.4 is 0 Å². The summed E-state index contributed by atoms with van der Waals surface area (Å²) in [6, 6.07) is 21.6. The minimum atomic E-state index is -0.993. The molecule has 0 spiro atoms. The van der Waals surface area contributed by atoms with Crippen molar-refractivity contribution in [3.05, 3.63) is 107 Å². The number of aromatic carboxylic acids is 1. The first kappa shape index (κ1) is 22.5. The molecule has 7 nitrogen and oxygen atoms in total. The number of para-hydroxylation sites is 1. The molecule has 5 rings (SSSR count). The van der Waals surface area contributed by atoms with Crippen molar-refractivity contribution in [3.63, 3.8) is 0 Å². The molecule has 0 unspecified atom stereocenters. The second kappa shape index (κ2) is 9.52. The molecule has 35 heavy (non-hydrogen) atoms. The smallest absolute Gasteiger partial charge is 0.335 e. The van der Waals surface area contributed by atoms with Crippen molar-refractivity contribution in [2.24, 2.45) is 4.99 Å². The van der Waals surface area contributed by atoms with E-state index >= 15 is 0 Å². The number of furan rings is 2. The van der Waals surface area contributed by atoms with E-state index in [9.17, 15) is 14.7 Å². The number of nitrogens with zero attached hydrogens (tertiary/aromatic N) is 2. The fourth-order valence-corrected chi connectivity index (χ4v) is 4.72. The average Bonchev–Trinajstić information content (AvgIpc) is 3.59. The van der Waals surface area contributed by atoms with Crippen LogP contribution in [0.5, 0.6) is 0 Å². The SMILES string of the molecule is Cc1c(C(=O)O)cccc1-c1ccc(/C=C2\SC(=Nc3ccccc3)N(Cc3ccco3)C2=O)o1. The Morgan fingerprint density at radius 3 is 2.63 bits per heavy atom. The van der Waals surface area contributed by atoms with Gasteiger partial charge in [0.1, 0.15) is 17.3 Å². The number of carbonyl (C=O) groups is 2. The highest BCUT2D eigenvalue weighted by atomic mass is 32.2. The Kier molecular flexibility index (Phi) is 6.12. The largest absolute Gasteiger partial charge is 0.478 e. The van der Waals surface area contributed by atoms with Gasteiger partial charge >= 0.3 is 5.97 Å². The van der Waals surface area contributed by atoms with Gasteiger partial charge in [0.05, 0.1) is 29.0 Å². The van der Waals surface area contributed by atoms with Gasteiger partial charge in [-0.05, 0) is 66.7 Å². The molecule has 1 aliphatic rings. The molecule has 3 heterocycles. The Morgan fingerprint density at radius 1 is 1.06 bits per heavy atom. The molecule has 0 saturated carbocycles. The second-order valence-corrected chi connectivity index (χ2v) is 8.81. The maximum absolute atomic E-state index is 13.3. The van der Waals surface area contributed by atoms with Crippen molar-refractivity contribution < 1.29 is 23.5 Å². The van der Waals surface area contributed by atoms with Crippen molar-refractivity contribution in [3.8, 4) is 11.3 Å². The van der Waals surface area contributed by atoms with Gasteiger partial charge in [0.25, 0.3) is 5.91 Å². The Labute approximate surface area is 205 Å². The predicted octanol–water partition coefficient (Wildman–Crippen LogP) is 6.35. The molecule has 0 radical (unpaired) electrons. The zero-order chi connectivity index (χ0) is 24.4. The first-order valence-electron chi connectivity index (χ1n) is 10.8. The van der Waals surface area contributed by atoms with Crippen LogP contribution in [0.2, 0.25) is 0 Å². The lowest BCUT2D eigenvalue weighted by Crippen LogP contribution is -2.28. The number of benzene rings is 2. The molecule has 1 saturated heterocycles. The Morgan fingerprint density at radius 2 is 1.89 bits per heavy atom. The molecule has 0 aliphatic carbocycles. The normalized spacial score (nSPS) is 15.9. The third-order valence-electron chi connectivity index (χ3n) is 5.49. The summed E-state index contributed by atoms with van der Waals surface area (Å²) in [5.41, 5.74) is 2.26. The van der Waals surface area contributed by atoms with Crippen molar-refractivity contribution in [2.45, 2.75) is 13.5 Å². The van der Waals surface area contributed by atoms with Gasteiger partial charge in [-0.3, -0.25) is 9.69 Å². The lowest BCUT2D eigenvalue weighted by Gasteiger charge is -2.13. The number of hydrogen-bond donors (Lipinski definition) is 1.